The van der Waals surface area contributed by atoms with Gasteiger partial charge in [0.1, 0.15) is 5.82 Å². The summed E-state index contributed by atoms with van der Waals surface area (Å²) in [5, 5.41) is 11.1. The van der Waals surface area contributed by atoms with Gasteiger partial charge in [-0.05, 0) is 41.8 Å². The van der Waals surface area contributed by atoms with E-state index in [1.165, 1.54) is 6.07 Å². The van der Waals surface area contributed by atoms with Crippen molar-refractivity contribution in [3.05, 3.63) is 69.0 Å². The molecule has 0 aromatic heterocycles. The second-order valence-electron chi connectivity index (χ2n) is 4.46. The minimum Gasteiger partial charge on any atom is -0.388 e. The van der Waals surface area contributed by atoms with Crippen LogP contribution in [0.25, 0.3) is 0 Å². The van der Waals surface area contributed by atoms with Crippen LogP contribution >= 0.6 is 23.2 Å². The van der Waals surface area contributed by atoms with Crippen molar-refractivity contribution in [2.45, 2.75) is 19.4 Å². The SMILES string of the molecule is Cc1cc(C(O)Cc2ccc(Cl)cc2F)ccc1Cl. The standard InChI is InChI=1S/C15H13Cl2FO/c1-9-6-11(3-5-13(9)17)15(19)7-10-2-4-12(16)8-14(10)18/h2-6,8,15,19H,7H2,1H3. The summed E-state index contributed by atoms with van der Waals surface area (Å²) in [4.78, 5) is 0. The topological polar surface area (TPSA) is 20.2 Å². The number of hydrogen-bond acceptors (Lipinski definition) is 1. The van der Waals surface area contributed by atoms with Crippen LogP contribution in [0.1, 0.15) is 22.8 Å². The number of rotatable bonds is 3. The minimum absolute atomic E-state index is 0.198. The molecule has 0 saturated carbocycles. The zero-order chi connectivity index (χ0) is 14.0. The van der Waals surface area contributed by atoms with Gasteiger partial charge in [-0.3, -0.25) is 0 Å². The first kappa shape index (κ1) is 14.3. The monoisotopic (exact) mass is 298 g/mol. The van der Waals surface area contributed by atoms with Crippen molar-refractivity contribution in [1.82, 2.24) is 0 Å². The molecule has 0 bridgehead atoms. The number of aliphatic hydroxyl groups is 1. The van der Waals surface area contributed by atoms with E-state index in [0.29, 0.717) is 15.6 Å². The van der Waals surface area contributed by atoms with Crippen molar-refractivity contribution < 1.29 is 9.50 Å². The average Bonchev–Trinajstić information content (AvgIpc) is 2.36. The van der Waals surface area contributed by atoms with Gasteiger partial charge in [-0.25, -0.2) is 4.39 Å². The highest BCUT2D eigenvalue weighted by molar-refractivity contribution is 6.31. The maximum absolute atomic E-state index is 13.7. The van der Waals surface area contributed by atoms with Crippen molar-refractivity contribution in [1.29, 1.82) is 0 Å². The highest BCUT2D eigenvalue weighted by Crippen LogP contribution is 2.25. The molecule has 2 aromatic carbocycles. The fourth-order valence-electron chi connectivity index (χ4n) is 1.89. The number of benzene rings is 2. The maximum atomic E-state index is 13.7. The molecule has 100 valence electrons. The van der Waals surface area contributed by atoms with E-state index in [1.807, 2.05) is 6.92 Å². The molecule has 1 nitrogen and oxygen atoms in total. The molecule has 0 aliphatic heterocycles. The van der Waals surface area contributed by atoms with Crippen LogP contribution in [-0.4, -0.2) is 5.11 Å². The van der Waals surface area contributed by atoms with Crippen LogP contribution < -0.4 is 0 Å². The highest BCUT2D eigenvalue weighted by atomic mass is 35.5. The molecule has 0 amide bonds. The normalized spacial score (nSPS) is 12.5. The first-order valence-corrected chi connectivity index (χ1v) is 6.61. The van der Waals surface area contributed by atoms with Crippen LogP contribution in [0.15, 0.2) is 36.4 Å². The van der Waals surface area contributed by atoms with Gasteiger partial charge in [-0.1, -0.05) is 41.4 Å². The number of halogens is 3. The van der Waals surface area contributed by atoms with Gasteiger partial charge in [0.05, 0.1) is 6.10 Å². The lowest BCUT2D eigenvalue weighted by molar-refractivity contribution is 0.177. The van der Waals surface area contributed by atoms with Gasteiger partial charge < -0.3 is 5.11 Å². The number of hydrogen-bond donors (Lipinski definition) is 1. The first-order valence-electron chi connectivity index (χ1n) is 5.85. The molecule has 0 fully saturated rings. The fraction of sp³-hybridized carbons (Fsp3) is 0.200. The zero-order valence-corrected chi connectivity index (χ0v) is 11.8. The van der Waals surface area contributed by atoms with Crippen molar-refractivity contribution in [3.8, 4) is 0 Å². The molecule has 0 saturated heterocycles. The second kappa shape index (κ2) is 5.91. The summed E-state index contributed by atoms with van der Waals surface area (Å²) in [5.41, 5.74) is 2.04. The molecular formula is C15H13Cl2FO. The molecule has 0 aliphatic rings. The molecule has 4 heteroatoms. The third kappa shape index (κ3) is 3.47. The Labute approximate surface area is 121 Å². The Morgan fingerprint density at radius 2 is 1.89 bits per heavy atom. The predicted molar refractivity (Wildman–Crippen MR) is 76.3 cm³/mol. The molecule has 0 radical (unpaired) electrons. The summed E-state index contributed by atoms with van der Waals surface area (Å²) in [6, 6.07) is 9.72. The van der Waals surface area contributed by atoms with Gasteiger partial charge in [0.15, 0.2) is 0 Å². The Kier molecular flexibility index (Phi) is 4.46. The van der Waals surface area contributed by atoms with Crippen molar-refractivity contribution >= 4 is 23.2 Å². The Balaban J connectivity index is 2.20. The largest absolute Gasteiger partial charge is 0.388 e. The molecule has 19 heavy (non-hydrogen) atoms. The van der Waals surface area contributed by atoms with Crippen LogP contribution in [0, 0.1) is 12.7 Å². The van der Waals surface area contributed by atoms with Gasteiger partial charge >= 0.3 is 0 Å². The minimum atomic E-state index is -0.772. The van der Waals surface area contributed by atoms with Gasteiger partial charge in [-0.2, -0.15) is 0 Å². The molecular weight excluding hydrogens is 286 g/mol. The summed E-state index contributed by atoms with van der Waals surface area (Å²) in [7, 11) is 0. The molecule has 0 aliphatic carbocycles. The smallest absolute Gasteiger partial charge is 0.127 e. The average molecular weight is 299 g/mol. The fourth-order valence-corrected chi connectivity index (χ4v) is 2.16. The van der Waals surface area contributed by atoms with Gasteiger partial charge in [0.25, 0.3) is 0 Å². The number of aliphatic hydroxyl groups excluding tert-OH is 1. The summed E-state index contributed by atoms with van der Waals surface area (Å²) in [6.07, 6.45) is -0.573. The first-order chi connectivity index (χ1) is 8.97. The van der Waals surface area contributed by atoms with E-state index in [9.17, 15) is 9.50 Å². The van der Waals surface area contributed by atoms with E-state index in [1.54, 1.807) is 30.3 Å². The maximum Gasteiger partial charge on any atom is 0.127 e. The van der Waals surface area contributed by atoms with Crippen molar-refractivity contribution in [2.75, 3.05) is 0 Å². The number of aryl methyl sites for hydroxylation is 1. The molecule has 1 atom stereocenters. The Hall–Kier alpha value is -1.09. The summed E-state index contributed by atoms with van der Waals surface area (Å²) >= 11 is 11.6. The van der Waals surface area contributed by atoms with Gasteiger partial charge in [0, 0.05) is 16.5 Å². The Morgan fingerprint density at radius 3 is 2.53 bits per heavy atom. The van der Waals surface area contributed by atoms with Crippen molar-refractivity contribution in [3.63, 3.8) is 0 Å². The van der Waals surface area contributed by atoms with Crippen molar-refractivity contribution in [2.24, 2.45) is 0 Å². The van der Waals surface area contributed by atoms with Crippen LogP contribution in [0.2, 0.25) is 10.0 Å². The quantitative estimate of drug-likeness (QED) is 0.869. The molecule has 1 N–H and O–H groups in total. The van der Waals surface area contributed by atoms with E-state index >= 15 is 0 Å². The lowest BCUT2D eigenvalue weighted by Gasteiger charge is -2.13. The van der Waals surface area contributed by atoms with E-state index in [2.05, 4.69) is 0 Å². The van der Waals surface area contributed by atoms with Crippen LogP contribution in [0.5, 0.6) is 0 Å². The van der Waals surface area contributed by atoms with Crippen LogP contribution in [0.3, 0.4) is 0 Å². The third-order valence-corrected chi connectivity index (χ3v) is 3.65. The molecule has 1 unspecified atom stereocenters. The Bertz CT molecular complexity index is 599. The predicted octanol–water partition coefficient (Wildman–Crippen LogP) is 4.72. The van der Waals surface area contributed by atoms with Crippen LogP contribution in [0.4, 0.5) is 4.39 Å². The molecule has 0 heterocycles. The lowest BCUT2D eigenvalue weighted by atomic mass is 10.00. The highest BCUT2D eigenvalue weighted by Gasteiger charge is 2.12. The van der Waals surface area contributed by atoms with Crippen LogP contribution in [-0.2, 0) is 6.42 Å². The Morgan fingerprint density at radius 1 is 1.16 bits per heavy atom. The van der Waals surface area contributed by atoms with E-state index in [-0.39, 0.29) is 6.42 Å². The van der Waals surface area contributed by atoms with E-state index in [0.717, 1.165) is 11.1 Å². The molecule has 2 rings (SSSR count). The molecule has 2 aromatic rings. The van der Waals surface area contributed by atoms with Gasteiger partial charge in [0.2, 0.25) is 0 Å². The summed E-state index contributed by atoms with van der Waals surface area (Å²) in [6.45, 7) is 1.86. The summed E-state index contributed by atoms with van der Waals surface area (Å²) < 4.78 is 13.7. The third-order valence-electron chi connectivity index (χ3n) is 3.00. The van der Waals surface area contributed by atoms with E-state index in [4.69, 9.17) is 23.2 Å². The molecule has 0 spiro atoms. The summed E-state index contributed by atoms with van der Waals surface area (Å²) in [5.74, 6) is -0.405. The lowest BCUT2D eigenvalue weighted by Crippen LogP contribution is -2.04. The second-order valence-corrected chi connectivity index (χ2v) is 5.31. The zero-order valence-electron chi connectivity index (χ0n) is 10.3. The van der Waals surface area contributed by atoms with Gasteiger partial charge in [-0.15, -0.1) is 0 Å². The van der Waals surface area contributed by atoms with E-state index < -0.39 is 11.9 Å².